The molecule has 0 atom stereocenters. The molecular weight excluding hydrogens is 627 g/mol. The van der Waals surface area contributed by atoms with Crippen LogP contribution >= 0.6 is 0 Å². The van der Waals surface area contributed by atoms with E-state index in [1.807, 2.05) is 0 Å². The van der Waals surface area contributed by atoms with Crippen molar-refractivity contribution < 1.29 is 0 Å². The van der Waals surface area contributed by atoms with Gasteiger partial charge in [-0.15, -0.1) is 0 Å². The second kappa shape index (κ2) is 11.8. The third-order valence-corrected chi connectivity index (χ3v) is 11.3. The lowest BCUT2D eigenvalue weighted by Gasteiger charge is -2.32. The highest BCUT2D eigenvalue weighted by Crippen LogP contribution is 2.55. The quantitative estimate of drug-likeness (QED) is 0.177. The van der Waals surface area contributed by atoms with Crippen LogP contribution in [0.25, 0.3) is 66.8 Å². The minimum Gasteiger partial charge on any atom is -0.309 e. The molecule has 1 heteroatoms. The number of hydrogen-bond donors (Lipinski definition) is 0. The highest BCUT2D eigenvalue weighted by atomic mass is 15.1. The Hall–Kier alpha value is -6.44. The summed E-state index contributed by atoms with van der Waals surface area (Å²) in [5, 5.41) is 0. The highest BCUT2D eigenvalue weighted by Gasteiger charge is 2.36. The summed E-state index contributed by atoms with van der Waals surface area (Å²) in [5.41, 5.74) is 21.1. The van der Waals surface area contributed by atoms with Crippen molar-refractivity contribution in [1.82, 2.24) is 0 Å². The summed E-state index contributed by atoms with van der Waals surface area (Å²) in [6.45, 7) is 4.73. The lowest BCUT2D eigenvalue weighted by atomic mass is 9.82. The summed E-state index contributed by atoms with van der Waals surface area (Å²) in [5.74, 6) is 0. The van der Waals surface area contributed by atoms with E-state index in [1.54, 1.807) is 0 Å². The summed E-state index contributed by atoms with van der Waals surface area (Å²) in [6, 6.07) is 69.3. The molecule has 2 aliphatic carbocycles. The molecule has 0 fully saturated rings. The largest absolute Gasteiger partial charge is 0.309 e. The van der Waals surface area contributed by atoms with E-state index < -0.39 is 0 Å². The molecule has 8 aromatic rings. The molecule has 0 heterocycles. The first-order chi connectivity index (χ1) is 25.6. The molecule has 0 amide bonds. The molecule has 1 nitrogen and oxygen atoms in total. The van der Waals surface area contributed by atoms with Gasteiger partial charge < -0.3 is 4.90 Å². The molecule has 0 spiro atoms. The van der Waals surface area contributed by atoms with Gasteiger partial charge in [-0.2, -0.15) is 0 Å². The number of hydrogen-bond acceptors (Lipinski definition) is 1. The van der Waals surface area contributed by atoms with E-state index in [0.717, 1.165) is 17.1 Å². The summed E-state index contributed by atoms with van der Waals surface area (Å²) < 4.78 is 0. The Bertz CT molecular complexity index is 2600. The molecule has 0 saturated carbocycles. The first-order valence-corrected chi connectivity index (χ1v) is 18.2. The van der Waals surface area contributed by atoms with Gasteiger partial charge >= 0.3 is 0 Å². The molecule has 0 N–H and O–H groups in total. The average molecular weight is 664 g/mol. The zero-order valence-corrected chi connectivity index (χ0v) is 29.3. The van der Waals surface area contributed by atoms with Crippen molar-refractivity contribution in [2.75, 3.05) is 4.90 Å². The molecule has 10 rings (SSSR count). The minimum atomic E-state index is -0.127. The predicted molar refractivity (Wildman–Crippen MR) is 219 cm³/mol. The summed E-state index contributed by atoms with van der Waals surface area (Å²) >= 11 is 0. The number of rotatable bonds is 5. The SMILES string of the molecule is CC1(C)c2ccccc2-c2ccc(N(c3ccccc3-c3ccccc3)c3ccccc3-c3c4cccc3-c3ccccc3-c3ccccc3-4)cc21. The predicted octanol–water partition coefficient (Wildman–Crippen LogP) is 14.1. The standard InChI is InChI=1S/C51H37N/c1-51(2)46-28-13-10-24-41(46)42-32-31-35(33-47(42)51)52(48-29-14-11-19-36(48)34-17-4-3-5-18-34)49-30-15-12-25-45(49)50-43-26-16-27-44(50)40-23-9-7-21-38(40)37-20-6-8-22-39(37)43/h3-33H,1-2H3. The second-order valence-electron chi connectivity index (χ2n) is 14.5. The van der Waals surface area contributed by atoms with Gasteiger partial charge in [0.05, 0.1) is 11.4 Å². The van der Waals surface area contributed by atoms with Gasteiger partial charge in [0.2, 0.25) is 0 Å². The van der Waals surface area contributed by atoms with Crippen LogP contribution in [-0.4, -0.2) is 0 Å². The van der Waals surface area contributed by atoms with Crippen molar-refractivity contribution in [2.45, 2.75) is 19.3 Å². The van der Waals surface area contributed by atoms with E-state index in [2.05, 4.69) is 207 Å². The van der Waals surface area contributed by atoms with E-state index >= 15 is 0 Å². The van der Waals surface area contributed by atoms with Crippen LogP contribution in [-0.2, 0) is 5.41 Å². The van der Waals surface area contributed by atoms with E-state index in [-0.39, 0.29) is 5.41 Å². The van der Waals surface area contributed by atoms with Crippen LogP contribution in [0.1, 0.15) is 25.0 Å². The van der Waals surface area contributed by atoms with Crippen molar-refractivity contribution in [1.29, 1.82) is 0 Å². The maximum Gasteiger partial charge on any atom is 0.0540 e. The Morgan fingerprint density at radius 1 is 0.327 bits per heavy atom. The zero-order chi connectivity index (χ0) is 34.8. The molecule has 246 valence electrons. The molecule has 0 saturated heterocycles. The number of benzene rings is 8. The fourth-order valence-electron chi connectivity index (χ4n) is 8.85. The van der Waals surface area contributed by atoms with E-state index in [4.69, 9.17) is 0 Å². The number of para-hydroxylation sites is 2. The molecular formula is C51H37N. The van der Waals surface area contributed by atoms with Gasteiger partial charge in [-0.3, -0.25) is 0 Å². The maximum atomic E-state index is 2.51. The van der Waals surface area contributed by atoms with Crippen LogP contribution in [0, 0.1) is 0 Å². The van der Waals surface area contributed by atoms with Gasteiger partial charge in [-0.25, -0.2) is 0 Å². The Morgan fingerprint density at radius 3 is 1.40 bits per heavy atom. The maximum absolute atomic E-state index is 2.51. The first kappa shape index (κ1) is 30.4. The smallest absolute Gasteiger partial charge is 0.0540 e. The van der Waals surface area contributed by atoms with Crippen LogP contribution < -0.4 is 4.90 Å². The van der Waals surface area contributed by atoms with E-state index in [1.165, 1.54) is 77.9 Å². The topological polar surface area (TPSA) is 3.24 Å². The van der Waals surface area contributed by atoms with Crippen LogP contribution in [0.4, 0.5) is 17.1 Å². The molecule has 8 aromatic carbocycles. The van der Waals surface area contributed by atoms with Crippen molar-refractivity contribution in [2.24, 2.45) is 0 Å². The Morgan fingerprint density at radius 2 is 0.769 bits per heavy atom. The van der Waals surface area contributed by atoms with Crippen LogP contribution in [0.5, 0.6) is 0 Å². The van der Waals surface area contributed by atoms with E-state index in [0.29, 0.717) is 0 Å². The normalized spacial score (nSPS) is 13.0. The first-order valence-electron chi connectivity index (χ1n) is 18.2. The Balaban J connectivity index is 1.27. The number of nitrogens with zero attached hydrogens (tertiary/aromatic N) is 1. The van der Waals surface area contributed by atoms with Crippen LogP contribution in [0.15, 0.2) is 188 Å². The molecule has 52 heavy (non-hydrogen) atoms. The van der Waals surface area contributed by atoms with Crippen molar-refractivity contribution >= 4 is 17.1 Å². The van der Waals surface area contributed by atoms with Gasteiger partial charge in [-0.05, 0) is 91.0 Å². The highest BCUT2D eigenvalue weighted by molar-refractivity contribution is 6.08. The van der Waals surface area contributed by atoms with Crippen molar-refractivity contribution in [3.8, 4) is 66.8 Å². The molecule has 0 aromatic heterocycles. The summed E-state index contributed by atoms with van der Waals surface area (Å²) in [4.78, 5) is 2.51. The monoisotopic (exact) mass is 663 g/mol. The zero-order valence-electron chi connectivity index (χ0n) is 29.3. The minimum absolute atomic E-state index is 0.127. The van der Waals surface area contributed by atoms with Crippen molar-refractivity contribution in [3.05, 3.63) is 199 Å². The summed E-state index contributed by atoms with van der Waals surface area (Å²) in [6.07, 6.45) is 0. The molecule has 0 unspecified atom stereocenters. The fourth-order valence-corrected chi connectivity index (χ4v) is 8.85. The Labute approximate surface area is 306 Å². The Kier molecular flexibility index (Phi) is 6.91. The van der Waals surface area contributed by atoms with Crippen LogP contribution in [0.3, 0.4) is 0 Å². The average Bonchev–Trinajstić information content (AvgIpc) is 3.40. The van der Waals surface area contributed by atoms with Crippen molar-refractivity contribution in [3.63, 3.8) is 0 Å². The van der Waals surface area contributed by atoms with Gasteiger partial charge in [0, 0.05) is 22.2 Å². The molecule has 0 aliphatic heterocycles. The molecule has 2 aliphatic rings. The summed E-state index contributed by atoms with van der Waals surface area (Å²) in [7, 11) is 0. The fraction of sp³-hybridized carbons (Fsp3) is 0.0588. The molecule has 2 bridgehead atoms. The third-order valence-electron chi connectivity index (χ3n) is 11.3. The van der Waals surface area contributed by atoms with Gasteiger partial charge in [0.25, 0.3) is 0 Å². The van der Waals surface area contributed by atoms with E-state index in [9.17, 15) is 0 Å². The number of fused-ring (bicyclic) bond motifs is 10. The van der Waals surface area contributed by atoms with Crippen LogP contribution in [0.2, 0.25) is 0 Å². The van der Waals surface area contributed by atoms with Gasteiger partial charge in [0.15, 0.2) is 0 Å². The number of anilines is 3. The lowest BCUT2D eigenvalue weighted by Crippen LogP contribution is -2.17. The second-order valence-corrected chi connectivity index (χ2v) is 14.5. The lowest BCUT2D eigenvalue weighted by molar-refractivity contribution is 0.660. The van der Waals surface area contributed by atoms with Gasteiger partial charge in [-0.1, -0.05) is 178 Å². The molecule has 0 radical (unpaired) electrons. The van der Waals surface area contributed by atoms with Gasteiger partial charge in [0.1, 0.15) is 0 Å². The third kappa shape index (κ3) is 4.56.